The normalized spacial score (nSPS) is 31.1. The lowest BCUT2D eigenvalue weighted by atomic mass is 9.98. The lowest BCUT2D eigenvalue weighted by Crippen LogP contribution is -2.42. The molecular formula is C14H22N2O. The van der Waals surface area contributed by atoms with E-state index >= 15 is 0 Å². The molecule has 1 aliphatic heterocycles. The molecule has 2 heterocycles. The molecule has 1 fully saturated rings. The fourth-order valence-electron chi connectivity index (χ4n) is 2.62. The van der Waals surface area contributed by atoms with Gasteiger partial charge in [0.25, 0.3) is 0 Å². The number of hydrogen-bond donors (Lipinski definition) is 1. The third kappa shape index (κ3) is 3.51. The van der Waals surface area contributed by atoms with Gasteiger partial charge < -0.3 is 10.1 Å². The fourth-order valence-corrected chi connectivity index (χ4v) is 2.62. The van der Waals surface area contributed by atoms with Gasteiger partial charge in [-0.3, -0.25) is 4.98 Å². The van der Waals surface area contributed by atoms with Gasteiger partial charge >= 0.3 is 0 Å². The number of ether oxygens (including phenoxy) is 1. The SMILES string of the molecule is CC1CC(NC(C)c2cccnc2)CC(C)O1. The van der Waals surface area contributed by atoms with Crippen LogP contribution in [-0.4, -0.2) is 23.2 Å². The first kappa shape index (κ1) is 12.5. The molecule has 17 heavy (non-hydrogen) atoms. The van der Waals surface area contributed by atoms with Crippen molar-refractivity contribution < 1.29 is 4.74 Å². The first-order valence-electron chi connectivity index (χ1n) is 6.46. The Morgan fingerprint density at radius 1 is 1.35 bits per heavy atom. The third-order valence-electron chi connectivity index (χ3n) is 3.37. The topological polar surface area (TPSA) is 34.2 Å². The molecule has 94 valence electrons. The first-order valence-corrected chi connectivity index (χ1v) is 6.46. The van der Waals surface area contributed by atoms with Crippen molar-refractivity contribution in [1.82, 2.24) is 10.3 Å². The summed E-state index contributed by atoms with van der Waals surface area (Å²) in [5.74, 6) is 0. The molecule has 3 unspecified atom stereocenters. The molecule has 0 amide bonds. The zero-order valence-electron chi connectivity index (χ0n) is 10.9. The van der Waals surface area contributed by atoms with Crippen LogP contribution < -0.4 is 5.32 Å². The zero-order chi connectivity index (χ0) is 12.3. The van der Waals surface area contributed by atoms with Crippen LogP contribution >= 0.6 is 0 Å². The van der Waals surface area contributed by atoms with Gasteiger partial charge in [-0.2, -0.15) is 0 Å². The van der Waals surface area contributed by atoms with Gasteiger partial charge in [0, 0.05) is 24.5 Å². The molecule has 0 aromatic carbocycles. The molecule has 1 N–H and O–H groups in total. The standard InChI is InChI=1S/C14H22N2O/c1-10-7-14(8-11(2)17-10)16-12(3)13-5-4-6-15-9-13/h4-6,9-12,14,16H,7-8H2,1-3H3. The van der Waals surface area contributed by atoms with Crippen LogP contribution in [-0.2, 0) is 4.74 Å². The Balaban J connectivity index is 1.92. The highest BCUT2D eigenvalue weighted by atomic mass is 16.5. The van der Waals surface area contributed by atoms with E-state index in [-0.39, 0.29) is 0 Å². The van der Waals surface area contributed by atoms with Crippen molar-refractivity contribution >= 4 is 0 Å². The summed E-state index contributed by atoms with van der Waals surface area (Å²) in [6.45, 7) is 6.50. The second kappa shape index (κ2) is 5.61. The van der Waals surface area contributed by atoms with Gasteiger partial charge in [-0.1, -0.05) is 6.07 Å². The van der Waals surface area contributed by atoms with E-state index < -0.39 is 0 Å². The number of nitrogens with one attached hydrogen (secondary N) is 1. The molecule has 3 atom stereocenters. The van der Waals surface area contributed by atoms with Crippen molar-refractivity contribution in [3.05, 3.63) is 30.1 Å². The maximum atomic E-state index is 5.75. The van der Waals surface area contributed by atoms with Gasteiger partial charge in [0.2, 0.25) is 0 Å². The van der Waals surface area contributed by atoms with Gasteiger partial charge in [0.15, 0.2) is 0 Å². The summed E-state index contributed by atoms with van der Waals surface area (Å²) in [6.07, 6.45) is 6.65. The largest absolute Gasteiger partial charge is 0.375 e. The van der Waals surface area contributed by atoms with E-state index in [0.717, 1.165) is 12.8 Å². The Hall–Kier alpha value is -0.930. The van der Waals surface area contributed by atoms with Crippen LogP contribution in [0.5, 0.6) is 0 Å². The fraction of sp³-hybridized carbons (Fsp3) is 0.643. The number of pyridine rings is 1. The molecule has 1 aromatic heterocycles. The van der Waals surface area contributed by atoms with E-state index in [4.69, 9.17) is 4.74 Å². The van der Waals surface area contributed by atoms with Crippen LogP contribution in [0.4, 0.5) is 0 Å². The summed E-state index contributed by atoms with van der Waals surface area (Å²) in [6, 6.07) is 5.01. The Bertz CT molecular complexity index is 331. The van der Waals surface area contributed by atoms with Crippen molar-refractivity contribution in [1.29, 1.82) is 0 Å². The van der Waals surface area contributed by atoms with E-state index in [1.165, 1.54) is 5.56 Å². The van der Waals surface area contributed by atoms with Crippen molar-refractivity contribution in [3.8, 4) is 0 Å². The molecule has 0 saturated carbocycles. The molecule has 0 aliphatic carbocycles. The highest BCUT2D eigenvalue weighted by molar-refractivity contribution is 5.13. The molecule has 2 rings (SSSR count). The van der Waals surface area contributed by atoms with Gasteiger partial charge in [-0.15, -0.1) is 0 Å². The quantitative estimate of drug-likeness (QED) is 0.873. The Kier molecular flexibility index (Phi) is 4.13. The molecule has 3 nitrogen and oxygen atoms in total. The summed E-state index contributed by atoms with van der Waals surface area (Å²) in [4.78, 5) is 4.16. The Morgan fingerprint density at radius 3 is 2.65 bits per heavy atom. The Morgan fingerprint density at radius 2 is 2.06 bits per heavy atom. The summed E-state index contributed by atoms with van der Waals surface area (Å²) >= 11 is 0. The van der Waals surface area contributed by atoms with Gasteiger partial charge in [0.1, 0.15) is 0 Å². The number of nitrogens with zero attached hydrogens (tertiary/aromatic N) is 1. The smallest absolute Gasteiger partial charge is 0.0565 e. The lowest BCUT2D eigenvalue weighted by Gasteiger charge is -2.34. The molecule has 0 spiro atoms. The van der Waals surface area contributed by atoms with E-state index in [1.807, 2.05) is 18.5 Å². The second-order valence-electron chi connectivity index (χ2n) is 5.10. The van der Waals surface area contributed by atoms with Gasteiger partial charge in [-0.05, 0) is 45.2 Å². The monoisotopic (exact) mass is 234 g/mol. The van der Waals surface area contributed by atoms with Crippen LogP contribution in [0, 0.1) is 0 Å². The molecule has 1 aromatic rings. The minimum atomic E-state index is 0.353. The molecule has 0 radical (unpaired) electrons. The van der Waals surface area contributed by atoms with E-state index in [0.29, 0.717) is 24.3 Å². The highest BCUT2D eigenvalue weighted by Crippen LogP contribution is 2.22. The van der Waals surface area contributed by atoms with Crippen LogP contribution in [0.25, 0.3) is 0 Å². The van der Waals surface area contributed by atoms with Crippen LogP contribution in [0.15, 0.2) is 24.5 Å². The average Bonchev–Trinajstić information content (AvgIpc) is 2.28. The van der Waals surface area contributed by atoms with Gasteiger partial charge in [-0.25, -0.2) is 0 Å². The highest BCUT2D eigenvalue weighted by Gasteiger charge is 2.25. The van der Waals surface area contributed by atoms with Gasteiger partial charge in [0.05, 0.1) is 12.2 Å². The number of rotatable bonds is 3. The summed E-state index contributed by atoms with van der Waals surface area (Å²) in [5.41, 5.74) is 1.25. The van der Waals surface area contributed by atoms with Crippen LogP contribution in [0.2, 0.25) is 0 Å². The minimum Gasteiger partial charge on any atom is -0.375 e. The average molecular weight is 234 g/mol. The second-order valence-corrected chi connectivity index (χ2v) is 5.10. The van der Waals surface area contributed by atoms with Crippen LogP contribution in [0.1, 0.15) is 45.2 Å². The lowest BCUT2D eigenvalue weighted by molar-refractivity contribution is -0.0433. The minimum absolute atomic E-state index is 0.353. The molecule has 0 bridgehead atoms. The van der Waals surface area contributed by atoms with E-state index in [2.05, 4.69) is 37.1 Å². The van der Waals surface area contributed by atoms with E-state index in [9.17, 15) is 0 Å². The summed E-state index contributed by atoms with van der Waals surface area (Å²) in [5, 5.41) is 3.68. The van der Waals surface area contributed by atoms with Crippen molar-refractivity contribution in [3.63, 3.8) is 0 Å². The predicted octanol–water partition coefficient (Wildman–Crippen LogP) is 2.69. The maximum absolute atomic E-state index is 5.75. The molecule has 1 saturated heterocycles. The van der Waals surface area contributed by atoms with Crippen LogP contribution in [0.3, 0.4) is 0 Å². The zero-order valence-corrected chi connectivity index (χ0v) is 10.9. The van der Waals surface area contributed by atoms with Crippen molar-refractivity contribution in [2.24, 2.45) is 0 Å². The molecule has 3 heteroatoms. The predicted molar refractivity (Wildman–Crippen MR) is 68.8 cm³/mol. The summed E-state index contributed by atoms with van der Waals surface area (Å²) in [7, 11) is 0. The van der Waals surface area contributed by atoms with Crippen molar-refractivity contribution in [2.75, 3.05) is 0 Å². The van der Waals surface area contributed by atoms with Crippen molar-refractivity contribution in [2.45, 2.75) is 57.9 Å². The number of hydrogen-bond acceptors (Lipinski definition) is 3. The van der Waals surface area contributed by atoms with E-state index in [1.54, 1.807) is 0 Å². The maximum Gasteiger partial charge on any atom is 0.0565 e. The Labute approximate surface area is 104 Å². The summed E-state index contributed by atoms with van der Waals surface area (Å²) < 4.78 is 5.75. The first-order chi connectivity index (χ1) is 8.15. The molecule has 1 aliphatic rings. The molecular weight excluding hydrogens is 212 g/mol. The number of aromatic nitrogens is 1. The third-order valence-corrected chi connectivity index (χ3v) is 3.37.